The molecule has 1 aromatic heterocycles. The molecule has 21 heavy (non-hydrogen) atoms. The van der Waals surface area contributed by atoms with E-state index in [-0.39, 0.29) is 18.7 Å². The number of carboxylic acids is 1. The van der Waals surface area contributed by atoms with Crippen LogP contribution in [0, 0.1) is 6.92 Å². The van der Waals surface area contributed by atoms with Crippen LogP contribution in [0.5, 0.6) is 0 Å². The van der Waals surface area contributed by atoms with E-state index < -0.39 is 35.7 Å². The number of piperazine rings is 1. The lowest BCUT2D eigenvalue weighted by atomic mass is 10.1. The van der Waals surface area contributed by atoms with E-state index in [1.807, 2.05) is 0 Å². The fourth-order valence-electron chi connectivity index (χ4n) is 2.22. The number of aliphatic carboxylic acids is 1. The lowest BCUT2D eigenvalue weighted by Crippen LogP contribution is -2.58. The number of H-pyrrole nitrogens is 1. The van der Waals surface area contributed by atoms with Crippen LogP contribution in [-0.4, -0.2) is 51.9 Å². The Morgan fingerprint density at radius 3 is 2.76 bits per heavy atom. The van der Waals surface area contributed by atoms with E-state index in [4.69, 9.17) is 5.11 Å². The fourth-order valence-corrected chi connectivity index (χ4v) is 2.22. The maximum atomic E-state index is 12.4. The largest absolute Gasteiger partial charge is 0.481 e. The highest BCUT2D eigenvalue weighted by Gasteiger charge is 2.35. The molecule has 2 rings (SSSR count). The highest BCUT2D eigenvalue weighted by molar-refractivity contribution is 5.99. The number of aromatic nitrogens is 1. The van der Waals surface area contributed by atoms with Crippen LogP contribution in [-0.2, 0) is 9.59 Å². The van der Waals surface area contributed by atoms with E-state index >= 15 is 0 Å². The molecule has 3 N–H and O–H groups in total. The third-order valence-electron chi connectivity index (χ3n) is 3.25. The molecule has 1 unspecified atom stereocenters. The maximum Gasteiger partial charge on any atom is 0.305 e. The van der Waals surface area contributed by atoms with Crippen LogP contribution in [0.4, 0.5) is 0 Å². The van der Waals surface area contributed by atoms with Crippen molar-refractivity contribution < 1.29 is 19.5 Å². The minimum Gasteiger partial charge on any atom is -0.481 e. The summed E-state index contributed by atoms with van der Waals surface area (Å²) in [6, 6.07) is 0.174. The van der Waals surface area contributed by atoms with Gasteiger partial charge in [-0.3, -0.25) is 19.2 Å². The van der Waals surface area contributed by atoms with Crippen LogP contribution in [0.1, 0.15) is 22.5 Å². The Bertz CT molecular complexity index is 651. The second kappa shape index (κ2) is 5.78. The van der Waals surface area contributed by atoms with Gasteiger partial charge in [0.1, 0.15) is 11.6 Å². The van der Waals surface area contributed by atoms with E-state index in [1.165, 1.54) is 12.3 Å². The Labute approximate surface area is 119 Å². The SMILES string of the molecule is Cc1cc(=O)c(C(=O)N2CCNC(=O)C2CC(=O)O)c[nH]1. The van der Waals surface area contributed by atoms with E-state index in [1.54, 1.807) is 6.92 Å². The van der Waals surface area contributed by atoms with Gasteiger partial charge in [-0.1, -0.05) is 0 Å². The van der Waals surface area contributed by atoms with Crippen molar-refractivity contribution in [3.05, 3.63) is 33.7 Å². The average Bonchev–Trinajstić information content (AvgIpc) is 2.40. The van der Waals surface area contributed by atoms with Crippen molar-refractivity contribution in [2.45, 2.75) is 19.4 Å². The molecule has 1 saturated heterocycles. The van der Waals surface area contributed by atoms with Crippen molar-refractivity contribution in [3.8, 4) is 0 Å². The number of aromatic amines is 1. The average molecular weight is 293 g/mol. The Hall–Kier alpha value is -2.64. The number of carboxylic acid groups (broad SMARTS) is 1. The molecule has 1 fully saturated rings. The van der Waals surface area contributed by atoms with E-state index in [2.05, 4.69) is 10.3 Å². The lowest BCUT2D eigenvalue weighted by molar-refractivity contribution is -0.142. The van der Waals surface area contributed by atoms with Crippen molar-refractivity contribution in [2.24, 2.45) is 0 Å². The Morgan fingerprint density at radius 1 is 1.43 bits per heavy atom. The molecule has 0 bridgehead atoms. The number of aryl methyl sites for hydroxylation is 1. The van der Waals surface area contributed by atoms with Crippen LogP contribution in [0.2, 0.25) is 0 Å². The van der Waals surface area contributed by atoms with Gasteiger partial charge in [0.2, 0.25) is 5.91 Å². The van der Waals surface area contributed by atoms with Crippen molar-refractivity contribution in [1.29, 1.82) is 0 Å². The van der Waals surface area contributed by atoms with Gasteiger partial charge in [-0.05, 0) is 6.92 Å². The molecule has 1 aliphatic heterocycles. The first-order valence-corrected chi connectivity index (χ1v) is 6.40. The summed E-state index contributed by atoms with van der Waals surface area (Å²) in [4.78, 5) is 50.8. The van der Waals surface area contributed by atoms with Gasteiger partial charge >= 0.3 is 5.97 Å². The fraction of sp³-hybridized carbons (Fsp3) is 0.385. The highest BCUT2D eigenvalue weighted by atomic mass is 16.4. The summed E-state index contributed by atoms with van der Waals surface area (Å²) in [6.45, 7) is 2.07. The number of nitrogens with zero attached hydrogens (tertiary/aromatic N) is 1. The van der Waals surface area contributed by atoms with Gasteiger partial charge in [-0.15, -0.1) is 0 Å². The number of pyridine rings is 1. The van der Waals surface area contributed by atoms with E-state index in [9.17, 15) is 19.2 Å². The third-order valence-corrected chi connectivity index (χ3v) is 3.25. The summed E-state index contributed by atoms with van der Waals surface area (Å²) >= 11 is 0. The zero-order chi connectivity index (χ0) is 15.6. The highest BCUT2D eigenvalue weighted by Crippen LogP contribution is 2.12. The van der Waals surface area contributed by atoms with Crippen molar-refractivity contribution in [2.75, 3.05) is 13.1 Å². The molecule has 0 spiro atoms. The summed E-state index contributed by atoms with van der Waals surface area (Å²) in [6.07, 6.45) is 0.783. The van der Waals surface area contributed by atoms with Gasteiger partial charge in [0.25, 0.3) is 5.91 Å². The van der Waals surface area contributed by atoms with E-state index in [0.717, 1.165) is 4.90 Å². The lowest BCUT2D eigenvalue weighted by Gasteiger charge is -2.34. The number of rotatable bonds is 3. The van der Waals surface area contributed by atoms with Crippen LogP contribution in [0.3, 0.4) is 0 Å². The normalized spacial score (nSPS) is 18.2. The number of carbonyl (C=O) groups is 3. The van der Waals surface area contributed by atoms with Gasteiger partial charge in [0.15, 0.2) is 5.43 Å². The molecule has 8 heteroatoms. The van der Waals surface area contributed by atoms with Crippen LogP contribution in [0.25, 0.3) is 0 Å². The molecule has 0 radical (unpaired) electrons. The molecule has 0 saturated carbocycles. The molecule has 0 aliphatic carbocycles. The number of nitrogens with one attached hydrogen (secondary N) is 2. The number of hydrogen-bond acceptors (Lipinski definition) is 4. The second-order valence-electron chi connectivity index (χ2n) is 4.80. The molecule has 112 valence electrons. The minimum absolute atomic E-state index is 0.106. The summed E-state index contributed by atoms with van der Waals surface area (Å²) in [5.74, 6) is -2.36. The zero-order valence-corrected chi connectivity index (χ0v) is 11.4. The number of carbonyl (C=O) groups excluding carboxylic acids is 2. The Balaban J connectivity index is 2.32. The third kappa shape index (κ3) is 3.10. The molecule has 8 nitrogen and oxygen atoms in total. The van der Waals surface area contributed by atoms with Crippen LogP contribution < -0.4 is 10.7 Å². The molecule has 1 aliphatic rings. The predicted octanol–water partition coefficient (Wildman–Crippen LogP) is -0.901. The first-order chi connectivity index (χ1) is 9.90. The van der Waals surface area contributed by atoms with Crippen LogP contribution >= 0.6 is 0 Å². The van der Waals surface area contributed by atoms with Gasteiger partial charge in [-0.2, -0.15) is 0 Å². The molecule has 2 heterocycles. The van der Waals surface area contributed by atoms with Crippen LogP contribution in [0.15, 0.2) is 17.1 Å². The quantitative estimate of drug-likeness (QED) is 0.667. The monoisotopic (exact) mass is 293 g/mol. The zero-order valence-electron chi connectivity index (χ0n) is 11.4. The summed E-state index contributed by atoms with van der Waals surface area (Å²) in [5, 5.41) is 11.4. The predicted molar refractivity (Wildman–Crippen MR) is 71.9 cm³/mol. The number of hydrogen-bond donors (Lipinski definition) is 3. The molecule has 2 amide bonds. The van der Waals surface area contributed by atoms with E-state index in [0.29, 0.717) is 5.69 Å². The molecule has 1 aromatic rings. The van der Waals surface area contributed by atoms with Crippen molar-refractivity contribution in [1.82, 2.24) is 15.2 Å². The molecule has 0 aromatic carbocycles. The van der Waals surface area contributed by atoms with Crippen molar-refractivity contribution in [3.63, 3.8) is 0 Å². The Morgan fingerprint density at radius 2 is 2.14 bits per heavy atom. The Kier molecular flexibility index (Phi) is 4.06. The number of amides is 2. The topological polar surface area (TPSA) is 120 Å². The molecule has 1 atom stereocenters. The van der Waals surface area contributed by atoms with Gasteiger partial charge in [0.05, 0.1) is 6.42 Å². The van der Waals surface area contributed by atoms with Gasteiger partial charge in [-0.25, -0.2) is 0 Å². The standard InChI is InChI=1S/C13H15N3O5/c1-7-4-10(17)8(6-15-7)13(21)16-3-2-14-12(20)9(16)5-11(18)19/h4,6,9H,2-3,5H2,1H3,(H,14,20)(H,15,17)(H,18,19). The van der Waals surface area contributed by atoms with Crippen molar-refractivity contribution >= 4 is 17.8 Å². The second-order valence-corrected chi connectivity index (χ2v) is 4.80. The summed E-state index contributed by atoms with van der Waals surface area (Å²) in [7, 11) is 0. The summed E-state index contributed by atoms with van der Waals surface area (Å²) < 4.78 is 0. The van der Waals surface area contributed by atoms with Gasteiger partial charge < -0.3 is 20.3 Å². The first kappa shape index (κ1) is 14.8. The smallest absolute Gasteiger partial charge is 0.305 e. The molecular formula is C13H15N3O5. The first-order valence-electron chi connectivity index (χ1n) is 6.40. The summed E-state index contributed by atoms with van der Waals surface area (Å²) in [5.41, 5.74) is 0.0389. The maximum absolute atomic E-state index is 12.4. The molecular weight excluding hydrogens is 278 g/mol. The minimum atomic E-state index is -1.19. The van der Waals surface area contributed by atoms with Gasteiger partial charge in [0, 0.05) is 31.0 Å².